The summed E-state index contributed by atoms with van der Waals surface area (Å²) in [6.07, 6.45) is 0.547. The summed E-state index contributed by atoms with van der Waals surface area (Å²) < 4.78 is 18.5. The third-order valence-corrected chi connectivity index (χ3v) is 5.07. The van der Waals surface area contributed by atoms with Gasteiger partial charge in [-0.2, -0.15) is 0 Å². The highest BCUT2D eigenvalue weighted by Crippen LogP contribution is 2.33. The van der Waals surface area contributed by atoms with E-state index in [2.05, 4.69) is 4.90 Å². The second kappa shape index (κ2) is 8.16. The molecular weight excluding hydrogens is 333 g/mol. The lowest BCUT2D eigenvalue weighted by Crippen LogP contribution is -2.43. The molecular formula is C21H26FNO3. The number of aliphatic hydroxyl groups is 2. The Labute approximate surface area is 153 Å². The number of ether oxygens (including phenoxy) is 1. The molecule has 0 amide bonds. The molecule has 2 N–H and O–H groups in total. The van der Waals surface area contributed by atoms with Crippen molar-refractivity contribution in [2.75, 3.05) is 26.2 Å². The molecule has 4 nitrogen and oxygen atoms in total. The number of rotatable bonds is 6. The first kappa shape index (κ1) is 18.8. The molecule has 1 atom stereocenters. The van der Waals surface area contributed by atoms with Gasteiger partial charge in [-0.05, 0) is 55.2 Å². The molecule has 5 heteroatoms. The van der Waals surface area contributed by atoms with Crippen molar-refractivity contribution in [1.82, 2.24) is 4.90 Å². The summed E-state index contributed by atoms with van der Waals surface area (Å²) >= 11 is 0. The van der Waals surface area contributed by atoms with Crippen molar-refractivity contribution in [3.05, 3.63) is 65.5 Å². The van der Waals surface area contributed by atoms with Crippen LogP contribution in [-0.2, 0) is 5.60 Å². The van der Waals surface area contributed by atoms with Crippen molar-refractivity contribution in [1.29, 1.82) is 0 Å². The molecule has 0 saturated carbocycles. The van der Waals surface area contributed by atoms with Crippen LogP contribution in [0.1, 0.15) is 37.0 Å². The van der Waals surface area contributed by atoms with Crippen LogP contribution in [0.15, 0.2) is 48.5 Å². The van der Waals surface area contributed by atoms with E-state index in [1.807, 2.05) is 31.2 Å². The van der Waals surface area contributed by atoms with Crippen LogP contribution in [0, 0.1) is 5.82 Å². The molecule has 1 fully saturated rings. The lowest BCUT2D eigenvalue weighted by Gasteiger charge is -2.39. The highest BCUT2D eigenvalue weighted by atomic mass is 19.1. The van der Waals surface area contributed by atoms with Crippen LogP contribution in [0.25, 0.3) is 0 Å². The van der Waals surface area contributed by atoms with Crippen LogP contribution in [0.5, 0.6) is 5.75 Å². The first-order chi connectivity index (χ1) is 12.5. The predicted molar refractivity (Wildman–Crippen MR) is 98.5 cm³/mol. The summed E-state index contributed by atoms with van der Waals surface area (Å²) in [6, 6.07) is 13.6. The molecule has 0 spiro atoms. The van der Waals surface area contributed by atoms with Gasteiger partial charge in [0, 0.05) is 19.6 Å². The molecule has 0 aromatic heterocycles. The van der Waals surface area contributed by atoms with Gasteiger partial charge in [-0.3, -0.25) is 0 Å². The molecule has 26 heavy (non-hydrogen) atoms. The molecule has 0 radical (unpaired) electrons. The first-order valence-electron chi connectivity index (χ1n) is 9.12. The Morgan fingerprint density at radius 1 is 1.08 bits per heavy atom. The average molecular weight is 359 g/mol. The summed E-state index contributed by atoms with van der Waals surface area (Å²) in [7, 11) is 0. The zero-order chi connectivity index (χ0) is 18.6. The Morgan fingerprint density at radius 2 is 1.69 bits per heavy atom. The monoisotopic (exact) mass is 359 g/mol. The molecule has 0 bridgehead atoms. The van der Waals surface area contributed by atoms with E-state index in [4.69, 9.17) is 4.74 Å². The van der Waals surface area contributed by atoms with Gasteiger partial charge in [0.1, 0.15) is 11.6 Å². The molecule has 140 valence electrons. The van der Waals surface area contributed by atoms with Crippen LogP contribution in [-0.4, -0.2) is 41.4 Å². The fraction of sp³-hybridized carbons (Fsp3) is 0.429. The van der Waals surface area contributed by atoms with Crippen molar-refractivity contribution < 1.29 is 19.3 Å². The van der Waals surface area contributed by atoms with Crippen molar-refractivity contribution in [3.8, 4) is 5.75 Å². The van der Waals surface area contributed by atoms with Crippen LogP contribution in [0.2, 0.25) is 0 Å². The van der Waals surface area contributed by atoms with Crippen molar-refractivity contribution >= 4 is 0 Å². The van der Waals surface area contributed by atoms with E-state index in [9.17, 15) is 14.6 Å². The number of likely N-dealkylation sites (tertiary alicyclic amines) is 1. The second-order valence-corrected chi connectivity index (χ2v) is 6.86. The van der Waals surface area contributed by atoms with Crippen molar-refractivity contribution in [3.63, 3.8) is 0 Å². The minimum Gasteiger partial charge on any atom is -0.494 e. The summed E-state index contributed by atoms with van der Waals surface area (Å²) in [5, 5.41) is 21.3. The molecule has 0 unspecified atom stereocenters. The maximum atomic E-state index is 13.1. The van der Waals surface area contributed by atoms with E-state index in [1.165, 1.54) is 12.1 Å². The Kier molecular flexibility index (Phi) is 5.91. The fourth-order valence-corrected chi connectivity index (χ4v) is 3.46. The standard InChI is InChI=1S/C21H26FNO3/c1-2-26-19-9-3-16(4-10-19)20(24)15-23-13-11-21(25,12-14-23)17-5-7-18(22)8-6-17/h3-10,20,24-25H,2,11-15H2,1H3/t20-/m1/s1. The average Bonchev–Trinajstić information content (AvgIpc) is 2.65. The van der Waals surface area contributed by atoms with Crippen LogP contribution >= 0.6 is 0 Å². The van der Waals surface area contributed by atoms with Crippen LogP contribution < -0.4 is 4.74 Å². The Bertz CT molecular complexity index is 694. The maximum Gasteiger partial charge on any atom is 0.123 e. The summed E-state index contributed by atoms with van der Waals surface area (Å²) in [5.74, 6) is 0.499. The topological polar surface area (TPSA) is 52.9 Å². The van der Waals surface area contributed by atoms with E-state index in [0.29, 0.717) is 39.1 Å². The van der Waals surface area contributed by atoms with Gasteiger partial charge in [-0.1, -0.05) is 24.3 Å². The molecule has 1 saturated heterocycles. The van der Waals surface area contributed by atoms with Gasteiger partial charge in [0.15, 0.2) is 0 Å². The molecule has 2 aromatic rings. The molecule has 3 rings (SSSR count). The number of nitrogens with zero attached hydrogens (tertiary/aromatic N) is 1. The van der Waals surface area contributed by atoms with E-state index in [-0.39, 0.29) is 5.82 Å². The van der Waals surface area contributed by atoms with Gasteiger partial charge in [-0.25, -0.2) is 4.39 Å². The normalized spacial score (nSPS) is 18.5. The number of benzene rings is 2. The van der Waals surface area contributed by atoms with Gasteiger partial charge in [0.25, 0.3) is 0 Å². The zero-order valence-electron chi connectivity index (χ0n) is 15.1. The molecule has 1 heterocycles. The predicted octanol–water partition coefficient (Wildman–Crippen LogP) is 3.24. The number of piperidine rings is 1. The number of aliphatic hydroxyl groups excluding tert-OH is 1. The third-order valence-electron chi connectivity index (χ3n) is 5.07. The van der Waals surface area contributed by atoms with Crippen LogP contribution in [0.4, 0.5) is 4.39 Å². The Hall–Kier alpha value is -1.95. The molecule has 2 aromatic carbocycles. The highest BCUT2D eigenvalue weighted by Gasteiger charge is 2.34. The van der Waals surface area contributed by atoms with E-state index in [0.717, 1.165) is 16.9 Å². The minimum atomic E-state index is -0.922. The van der Waals surface area contributed by atoms with Crippen molar-refractivity contribution in [2.24, 2.45) is 0 Å². The lowest BCUT2D eigenvalue weighted by molar-refractivity contribution is -0.0345. The highest BCUT2D eigenvalue weighted by molar-refractivity contribution is 5.29. The van der Waals surface area contributed by atoms with E-state index < -0.39 is 11.7 Å². The SMILES string of the molecule is CCOc1ccc([C@H](O)CN2CCC(O)(c3ccc(F)cc3)CC2)cc1. The summed E-state index contributed by atoms with van der Waals surface area (Å²) in [5.41, 5.74) is 0.687. The van der Waals surface area contributed by atoms with Gasteiger partial charge in [-0.15, -0.1) is 0 Å². The van der Waals surface area contributed by atoms with Crippen LogP contribution in [0.3, 0.4) is 0 Å². The number of β-amino-alcohol motifs (C(OH)–C–C–N with tert-alkyl or cyclic N) is 1. The first-order valence-corrected chi connectivity index (χ1v) is 9.12. The molecule has 1 aliphatic rings. The van der Waals surface area contributed by atoms with Gasteiger partial charge in [0.2, 0.25) is 0 Å². The van der Waals surface area contributed by atoms with Gasteiger partial charge < -0.3 is 19.8 Å². The Morgan fingerprint density at radius 3 is 2.27 bits per heavy atom. The summed E-state index contributed by atoms with van der Waals surface area (Å²) in [6.45, 7) is 4.44. The number of hydrogen-bond donors (Lipinski definition) is 2. The second-order valence-electron chi connectivity index (χ2n) is 6.86. The number of hydrogen-bond acceptors (Lipinski definition) is 4. The summed E-state index contributed by atoms with van der Waals surface area (Å²) in [4.78, 5) is 2.15. The van der Waals surface area contributed by atoms with Gasteiger partial charge in [0.05, 0.1) is 18.3 Å². The largest absolute Gasteiger partial charge is 0.494 e. The van der Waals surface area contributed by atoms with E-state index in [1.54, 1.807) is 12.1 Å². The maximum absolute atomic E-state index is 13.1. The molecule has 1 aliphatic heterocycles. The van der Waals surface area contributed by atoms with E-state index >= 15 is 0 Å². The third kappa shape index (κ3) is 4.41. The minimum absolute atomic E-state index is 0.298. The lowest BCUT2D eigenvalue weighted by atomic mass is 9.84. The fourth-order valence-electron chi connectivity index (χ4n) is 3.46. The quantitative estimate of drug-likeness (QED) is 0.831. The molecule has 0 aliphatic carbocycles. The van der Waals surface area contributed by atoms with Gasteiger partial charge >= 0.3 is 0 Å². The smallest absolute Gasteiger partial charge is 0.123 e. The zero-order valence-corrected chi connectivity index (χ0v) is 15.1. The van der Waals surface area contributed by atoms with Crippen molar-refractivity contribution in [2.45, 2.75) is 31.5 Å². The number of halogens is 1. The Balaban J connectivity index is 1.55.